The molecule has 0 amide bonds. The van der Waals surface area contributed by atoms with Gasteiger partial charge in [0, 0.05) is 5.25 Å². The molecule has 138 valence electrons. The molecule has 3 rings (SSSR count). The fourth-order valence-corrected chi connectivity index (χ4v) is 6.00. The van der Waals surface area contributed by atoms with Crippen molar-refractivity contribution in [3.8, 4) is 0 Å². The summed E-state index contributed by atoms with van der Waals surface area (Å²) in [6.45, 7) is 4.19. The Labute approximate surface area is 157 Å². The summed E-state index contributed by atoms with van der Waals surface area (Å²) in [4.78, 5) is 0.309. The first-order valence-corrected chi connectivity index (χ1v) is 10.7. The predicted molar refractivity (Wildman–Crippen MR) is 104 cm³/mol. The van der Waals surface area contributed by atoms with Crippen LogP contribution < -0.4 is 0 Å². The summed E-state index contributed by atoms with van der Waals surface area (Å²) in [7, 11) is 0. The highest BCUT2D eigenvalue weighted by molar-refractivity contribution is 8.02. The van der Waals surface area contributed by atoms with Crippen molar-refractivity contribution >= 4 is 23.5 Å². The molecule has 0 aromatic heterocycles. The van der Waals surface area contributed by atoms with Gasteiger partial charge in [0.05, 0.1) is 19.3 Å². The van der Waals surface area contributed by atoms with Crippen LogP contribution in [0.3, 0.4) is 0 Å². The van der Waals surface area contributed by atoms with Gasteiger partial charge in [-0.2, -0.15) is 0 Å². The lowest BCUT2D eigenvalue weighted by Crippen LogP contribution is -2.53. The monoisotopic (exact) mass is 382 g/mol. The number of fused-ring (bicyclic) bond motifs is 2. The topological polar surface area (TPSA) is 69.9 Å². The van der Waals surface area contributed by atoms with Gasteiger partial charge in [0.15, 0.2) is 4.93 Å². The number of thioether (sulfide) groups is 2. The normalized spacial score (nSPS) is 38.3. The van der Waals surface area contributed by atoms with Crippen LogP contribution in [-0.2, 0) is 4.74 Å². The van der Waals surface area contributed by atoms with E-state index in [4.69, 9.17) is 4.74 Å². The highest BCUT2D eigenvalue weighted by Crippen LogP contribution is 2.54. The number of hydrogen-bond donors (Lipinski definition) is 3. The van der Waals surface area contributed by atoms with Crippen LogP contribution in [0, 0.1) is 5.92 Å². The minimum absolute atomic E-state index is 0.0337. The van der Waals surface area contributed by atoms with Gasteiger partial charge in [0.25, 0.3) is 0 Å². The summed E-state index contributed by atoms with van der Waals surface area (Å²) in [5, 5.41) is 30.4. The number of rotatable bonds is 5. The molecule has 0 aromatic carbocycles. The average molecular weight is 383 g/mol. The average Bonchev–Trinajstić information content (AvgIpc) is 2.97. The van der Waals surface area contributed by atoms with E-state index in [9.17, 15) is 15.3 Å². The first-order valence-electron chi connectivity index (χ1n) is 8.60. The second-order valence-corrected chi connectivity index (χ2v) is 9.15. The molecule has 3 N–H and O–H groups in total. The summed E-state index contributed by atoms with van der Waals surface area (Å²) in [5.41, 5.74) is 2.09. The molecule has 1 aliphatic carbocycles. The Kier molecular flexibility index (Phi) is 6.19. The van der Waals surface area contributed by atoms with E-state index in [0.717, 1.165) is 24.0 Å². The number of aliphatic hydroxyl groups is 3. The Morgan fingerprint density at radius 2 is 2.32 bits per heavy atom. The standard InChI is InChI=1S/C19H26O4S2/c1-3-4-14(24-2)7-12-5-6-13-11-23-19(16(13)8-12)18(22)17(21)9-15(10-20)25-19/h3-4,6,8,12,15,17-18,20-22H,1,5,7,9-11H2,2H3/b14-4-/t12?,15?,17?,18-,19+/m1/s1. The number of ether oxygens (including phenoxy) is 1. The maximum atomic E-state index is 10.7. The fraction of sp³-hybridized carbons (Fsp3) is 0.579. The second-order valence-electron chi connectivity index (χ2n) is 6.71. The van der Waals surface area contributed by atoms with Crippen LogP contribution in [0.15, 0.2) is 46.9 Å². The van der Waals surface area contributed by atoms with Crippen molar-refractivity contribution in [3.63, 3.8) is 0 Å². The van der Waals surface area contributed by atoms with Gasteiger partial charge in [0.1, 0.15) is 6.10 Å². The molecular formula is C19H26O4S2. The van der Waals surface area contributed by atoms with Gasteiger partial charge in [-0.1, -0.05) is 30.9 Å². The number of aliphatic hydroxyl groups excluding tert-OH is 3. The van der Waals surface area contributed by atoms with Crippen LogP contribution in [0.5, 0.6) is 0 Å². The highest BCUT2D eigenvalue weighted by atomic mass is 32.2. The largest absolute Gasteiger partial charge is 0.395 e. The van der Waals surface area contributed by atoms with E-state index in [1.54, 1.807) is 11.8 Å². The van der Waals surface area contributed by atoms with Crippen LogP contribution in [-0.4, -0.2) is 57.2 Å². The summed E-state index contributed by atoms with van der Waals surface area (Å²) < 4.78 is 6.04. The van der Waals surface area contributed by atoms with E-state index in [2.05, 4.69) is 25.0 Å². The first-order chi connectivity index (χ1) is 12.0. The van der Waals surface area contributed by atoms with Crippen LogP contribution in [0.2, 0.25) is 0 Å². The van der Waals surface area contributed by atoms with Gasteiger partial charge in [-0.25, -0.2) is 0 Å². The minimum atomic E-state index is -0.986. The van der Waals surface area contributed by atoms with E-state index in [1.165, 1.54) is 16.7 Å². The Morgan fingerprint density at radius 1 is 1.52 bits per heavy atom. The lowest BCUT2D eigenvalue weighted by Gasteiger charge is -2.44. The summed E-state index contributed by atoms with van der Waals surface area (Å²) in [6, 6.07) is 0. The Bertz CT molecular complexity index is 613. The Morgan fingerprint density at radius 3 is 3.00 bits per heavy atom. The second kappa shape index (κ2) is 8.03. The van der Waals surface area contributed by atoms with E-state index < -0.39 is 17.1 Å². The molecule has 2 heterocycles. The van der Waals surface area contributed by atoms with E-state index >= 15 is 0 Å². The molecule has 3 aliphatic rings. The lowest BCUT2D eigenvalue weighted by molar-refractivity contribution is -0.0836. The Hall–Kier alpha value is -0.500. The molecule has 2 saturated heterocycles. The van der Waals surface area contributed by atoms with E-state index in [-0.39, 0.29) is 11.9 Å². The molecule has 0 aromatic rings. The van der Waals surface area contributed by atoms with Crippen LogP contribution in [0.25, 0.3) is 0 Å². The lowest BCUT2D eigenvalue weighted by atomic mass is 9.84. The van der Waals surface area contributed by atoms with Gasteiger partial charge in [-0.15, -0.1) is 23.5 Å². The zero-order valence-corrected chi connectivity index (χ0v) is 16.1. The van der Waals surface area contributed by atoms with Crippen molar-refractivity contribution < 1.29 is 20.1 Å². The van der Waals surface area contributed by atoms with Crippen LogP contribution in [0.1, 0.15) is 19.3 Å². The summed E-state index contributed by atoms with van der Waals surface area (Å²) in [6.07, 6.45) is 10.7. The first kappa shape index (κ1) is 19.3. The zero-order chi connectivity index (χ0) is 18.0. The molecule has 2 aliphatic heterocycles. The molecule has 25 heavy (non-hydrogen) atoms. The molecule has 6 heteroatoms. The van der Waals surface area contributed by atoms with Gasteiger partial charge < -0.3 is 20.1 Å². The quantitative estimate of drug-likeness (QED) is 0.635. The predicted octanol–water partition coefficient (Wildman–Crippen LogP) is 2.63. The number of allylic oxidation sites excluding steroid dienone is 5. The molecule has 4 nitrogen and oxygen atoms in total. The Balaban J connectivity index is 1.89. The minimum Gasteiger partial charge on any atom is -0.395 e. The smallest absolute Gasteiger partial charge is 0.168 e. The van der Waals surface area contributed by atoms with Crippen molar-refractivity contribution in [2.75, 3.05) is 19.5 Å². The van der Waals surface area contributed by atoms with Gasteiger partial charge >= 0.3 is 0 Å². The van der Waals surface area contributed by atoms with Crippen molar-refractivity contribution in [2.24, 2.45) is 5.92 Å². The third-order valence-corrected chi connectivity index (χ3v) is 7.50. The number of hydrogen-bond acceptors (Lipinski definition) is 6. The SMILES string of the molecule is C=C/C=C(/CC1C=C2C(=CC1)CO[C@]21SC(CO)CC(O)[C@H]1O)SC. The van der Waals surface area contributed by atoms with Gasteiger partial charge in [-0.05, 0) is 47.5 Å². The molecule has 5 atom stereocenters. The summed E-state index contributed by atoms with van der Waals surface area (Å²) >= 11 is 3.18. The molecule has 0 saturated carbocycles. The zero-order valence-electron chi connectivity index (χ0n) is 14.4. The van der Waals surface area contributed by atoms with E-state index in [0.29, 0.717) is 18.9 Å². The molecule has 2 fully saturated rings. The van der Waals surface area contributed by atoms with Crippen LogP contribution in [0.4, 0.5) is 0 Å². The third-order valence-electron chi connectivity index (χ3n) is 5.07. The molecular weight excluding hydrogens is 356 g/mol. The molecule has 1 spiro atoms. The maximum Gasteiger partial charge on any atom is 0.168 e. The van der Waals surface area contributed by atoms with Crippen molar-refractivity contribution in [1.29, 1.82) is 0 Å². The van der Waals surface area contributed by atoms with E-state index in [1.807, 2.05) is 12.2 Å². The van der Waals surface area contributed by atoms with Crippen molar-refractivity contribution in [1.82, 2.24) is 0 Å². The molecule has 3 unspecified atom stereocenters. The fourth-order valence-electron chi connectivity index (χ4n) is 3.78. The molecule has 0 bridgehead atoms. The highest BCUT2D eigenvalue weighted by Gasteiger charge is 2.56. The van der Waals surface area contributed by atoms with Crippen molar-refractivity contribution in [2.45, 2.75) is 41.7 Å². The van der Waals surface area contributed by atoms with Crippen LogP contribution >= 0.6 is 23.5 Å². The van der Waals surface area contributed by atoms with Gasteiger partial charge in [-0.3, -0.25) is 0 Å². The third kappa shape index (κ3) is 3.66. The maximum absolute atomic E-state index is 10.7. The van der Waals surface area contributed by atoms with Gasteiger partial charge in [0.2, 0.25) is 0 Å². The van der Waals surface area contributed by atoms with Crippen molar-refractivity contribution in [3.05, 3.63) is 46.9 Å². The summed E-state index contributed by atoms with van der Waals surface area (Å²) in [5.74, 6) is 0.329. The molecule has 0 radical (unpaired) electrons.